The third-order valence-electron chi connectivity index (χ3n) is 3.44. The van der Waals surface area contributed by atoms with Crippen molar-refractivity contribution in [1.29, 1.82) is 0 Å². The molecule has 0 saturated carbocycles. The summed E-state index contributed by atoms with van der Waals surface area (Å²) in [6.45, 7) is 2.81. The number of ether oxygens (including phenoxy) is 1. The van der Waals surface area contributed by atoms with Crippen molar-refractivity contribution in [3.8, 4) is 0 Å². The van der Waals surface area contributed by atoms with E-state index >= 15 is 0 Å². The number of nitrogens with zero attached hydrogens (tertiary/aromatic N) is 1. The number of rotatable bonds is 5. The normalized spacial score (nSPS) is 19.3. The van der Waals surface area contributed by atoms with Crippen LogP contribution in [0.25, 0.3) is 0 Å². The van der Waals surface area contributed by atoms with E-state index in [-0.39, 0.29) is 43.5 Å². The lowest BCUT2D eigenvalue weighted by Crippen LogP contribution is -2.57. The molecule has 1 aliphatic heterocycles. The molecule has 122 valence electrons. The Hall–Kier alpha value is -1.63. The highest BCUT2D eigenvalue weighted by Crippen LogP contribution is 2.14. The predicted molar refractivity (Wildman–Crippen MR) is 85.5 cm³/mol. The molecule has 3 N–H and O–H groups in total. The number of carbonyl (C=O) groups excluding carboxylic acids is 2. The molecule has 2 atom stereocenters. The Bertz CT molecular complexity index is 498. The number of nitrogens with one attached hydrogen (secondary N) is 1. The van der Waals surface area contributed by atoms with Crippen LogP contribution in [-0.2, 0) is 20.9 Å². The highest BCUT2D eigenvalue weighted by molar-refractivity contribution is 5.89. The van der Waals surface area contributed by atoms with Crippen molar-refractivity contribution in [3.05, 3.63) is 35.9 Å². The largest absolute Gasteiger partial charge is 0.369 e. The van der Waals surface area contributed by atoms with Crippen molar-refractivity contribution in [2.75, 3.05) is 19.8 Å². The van der Waals surface area contributed by atoms with E-state index in [1.807, 2.05) is 37.3 Å². The van der Waals surface area contributed by atoms with Gasteiger partial charge in [0, 0.05) is 19.1 Å². The van der Waals surface area contributed by atoms with E-state index < -0.39 is 6.04 Å². The number of amides is 2. The van der Waals surface area contributed by atoms with Gasteiger partial charge in [-0.05, 0) is 12.5 Å². The van der Waals surface area contributed by atoms with Gasteiger partial charge in [0.25, 0.3) is 0 Å². The van der Waals surface area contributed by atoms with Crippen LogP contribution >= 0.6 is 12.4 Å². The molecule has 6 nitrogen and oxygen atoms in total. The summed E-state index contributed by atoms with van der Waals surface area (Å²) in [6.07, 6.45) is 0. The Morgan fingerprint density at radius 3 is 2.77 bits per heavy atom. The molecule has 7 heteroatoms. The molecule has 1 fully saturated rings. The van der Waals surface area contributed by atoms with Crippen molar-refractivity contribution in [2.24, 2.45) is 5.73 Å². The second-order valence-corrected chi connectivity index (χ2v) is 5.18. The molecular weight excluding hydrogens is 306 g/mol. The lowest BCUT2D eigenvalue weighted by Gasteiger charge is -2.35. The maximum absolute atomic E-state index is 12.3. The quantitative estimate of drug-likeness (QED) is 0.814. The molecule has 0 radical (unpaired) electrons. The molecular formula is C15H22ClN3O3. The van der Waals surface area contributed by atoms with Crippen LogP contribution in [0.1, 0.15) is 12.5 Å². The highest BCUT2D eigenvalue weighted by Gasteiger charge is 2.34. The van der Waals surface area contributed by atoms with Gasteiger partial charge in [-0.2, -0.15) is 0 Å². The zero-order chi connectivity index (χ0) is 15.2. The minimum absolute atomic E-state index is 0. The van der Waals surface area contributed by atoms with Gasteiger partial charge in [0.15, 0.2) is 0 Å². The minimum Gasteiger partial charge on any atom is -0.369 e. The fraction of sp³-hybridized carbons (Fsp3) is 0.467. The van der Waals surface area contributed by atoms with Crippen LogP contribution < -0.4 is 11.1 Å². The topological polar surface area (TPSA) is 84.7 Å². The molecule has 1 aromatic carbocycles. The number of hydrogen-bond donors (Lipinski definition) is 2. The van der Waals surface area contributed by atoms with E-state index in [2.05, 4.69) is 5.32 Å². The van der Waals surface area contributed by atoms with Gasteiger partial charge in [-0.3, -0.25) is 9.59 Å². The monoisotopic (exact) mass is 327 g/mol. The van der Waals surface area contributed by atoms with E-state index in [1.54, 1.807) is 4.90 Å². The van der Waals surface area contributed by atoms with Crippen molar-refractivity contribution in [1.82, 2.24) is 10.2 Å². The summed E-state index contributed by atoms with van der Waals surface area (Å²) in [4.78, 5) is 25.9. The van der Waals surface area contributed by atoms with E-state index in [1.165, 1.54) is 0 Å². The molecule has 1 saturated heterocycles. The summed E-state index contributed by atoms with van der Waals surface area (Å²) in [6, 6.07) is 8.85. The molecule has 0 bridgehead atoms. The van der Waals surface area contributed by atoms with Crippen LogP contribution in [0, 0.1) is 0 Å². The Morgan fingerprint density at radius 2 is 2.14 bits per heavy atom. The maximum atomic E-state index is 12.3. The zero-order valence-corrected chi connectivity index (χ0v) is 13.3. The summed E-state index contributed by atoms with van der Waals surface area (Å²) in [5, 5.41) is 2.80. The number of hydrogen-bond acceptors (Lipinski definition) is 4. The maximum Gasteiger partial charge on any atom is 0.249 e. The molecule has 1 heterocycles. The van der Waals surface area contributed by atoms with Crippen molar-refractivity contribution in [2.45, 2.75) is 25.6 Å². The number of morpholine rings is 1. The molecule has 2 amide bonds. The van der Waals surface area contributed by atoms with Crippen molar-refractivity contribution < 1.29 is 14.3 Å². The standard InChI is InChI=1S/C15H21N3O3.ClH/c1-11(7-16)17-15(20)13-9-21-10-14(19)18(13)8-12-5-3-2-4-6-12;/h2-6,11,13H,7-10,16H2,1H3,(H,17,20);1H/t11-,13+;/m0./s1. The van der Waals surface area contributed by atoms with Gasteiger partial charge in [-0.25, -0.2) is 0 Å². The highest BCUT2D eigenvalue weighted by atomic mass is 35.5. The van der Waals surface area contributed by atoms with Crippen LogP contribution in [0.15, 0.2) is 30.3 Å². The summed E-state index contributed by atoms with van der Waals surface area (Å²) in [5.74, 6) is -0.400. The second kappa shape index (κ2) is 8.73. The molecule has 0 unspecified atom stereocenters. The lowest BCUT2D eigenvalue weighted by atomic mass is 10.1. The van der Waals surface area contributed by atoms with E-state index in [4.69, 9.17) is 10.5 Å². The van der Waals surface area contributed by atoms with E-state index in [0.717, 1.165) is 5.56 Å². The first-order valence-electron chi connectivity index (χ1n) is 7.03. The summed E-state index contributed by atoms with van der Waals surface area (Å²) in [5.41, 5.74) is 6.49. The lowest BCUT2D eigenvalue weighted by molar-refractivity contribution is -0.155. The predicted octanol–water partition coefficient (Wildman–Crippen LogP) is 0.299. The number of carbonyl (C=O) groups is 2. The van der Waals surface area contributed by atoms with Crippen LogP contribution in [0.5, 0.6) is 0 Å². The fourth-order valence-corrected chi connectivity index (χ4v) is 2.20. The third-order valence-corrected chi connectivity index (χ3v) is 3.44. The average Bonchev–Trinajstić information content (AvgIpc) is 2.50. The van der Waals surface area contributed by atoms with Crippen molar-refractivity contribution >= 4 is 24.2 Å². The summed E-state index contributed by atoms with van der Waals surface area (Å²) in [7, 11) is 0. The van der Waals surface area contributed by atoms with Gasteiger partial charge < -0.3 is 20.7 Å². The van der Waals surface area contributed by atoms with Crippen LogP contribution in [0.3, 0.4) is 0 Å². The van der Waals surface area contributed by atoms with Gasteiger partial charge >= 0.3 is 0 Å². The average molecular weight is 328 g/mol. The molecule has 0 spiro atoms. The number of halogens is 1. The molecule has 1 aliphatic rings. The van der Waals surface area contributed by atoms with Crippen LogP contribution in [-0.4, -0.2) is 48.6 Å². The minimum atomic E-state index is -0.611. The third kappa shape index (κ3) is 4.69. The Labute approximate surface area is 136 Å². The summed E-state index contributed by atoms with van der Waals surface area (Å²) < 4.78 is 5.22. The second-order valence-electron chi connectivity index (χ2n) is 5.18. The molecule has 2 rings (SSSR count). The van der Waals surface area contributed by atoms with E-state index in [9.17, 15) is 9.59 Å². The SMILES string of the molecule is C[C@@H](CN)NC(=O)[C@H]1COCC(=O)N1Cc1ccccc1.Cl. The van der Waals surface area contributed by atoms with Crippen LogP contribution in [0.4, 0.5) is 0 Å². The van der Waals surface area contributed by atoms with Gasteiger partial charge in [0.05, 0.1) is 6.61 Å². The number of benzene rings is 1. The van der Waals surface area contributed by atoms with Gasteiger partial charge in [0.1, 0.15) is 12.6 Å². The zero-order valence-electron chi connectivity index (χ0n) is 12.5. The fourth-order valence-electron chi connectivity index (χ4n) is 2.20. The Balaban J connectivity index is 0.00000242. The number of nitrogens with two attached hydrogens (primary N) is 1. The smallest absolute Gasteiger partial charge is 0.249 e. The van der Waals surface area contributed by atoms with Crippen LogP contribution in [0.2, 0.25) is 0 Å². The van der Waals surface area contributed by atoms with Gasteiger partial charge in [-0.15, -0.1) is 12.4 Å². The molecule has 0 aromatic heterocycles. The first kappa shape index (κ1) is 18.4. The van der Waals surface area contributed by atoms with E-state index in [0.29, 0.717) is 13.1 Å². The van der Waals surface area contributed by atoms with Gasteiger partial charge in [0.2, 0.25) is 11.8 Å². The Morgan fingerprint density at radius 1 is 1.45 bits per heavy atom. The molecule has 22 heavy (non-hydrogen) atoms. The Kier molecular flexibility index (Phi) is 7.31. The first-order chi connectivity index (χ1) is 10.1. The molecule has 0 aliphatic carbocycles. The van der Waals surface area contributed by atoms with Crippen molar-refractivity contribution in [3.63, 3.8) is 0 Å². The van der Waals surface area contributed by atoms with Gasteiger partial charge in [-0.1, -0.05) is 30.3 Å². The summed E-state index contributed by atoms with van der Waals surface area (Å²) >= 11 is 0. The first-order valence-corrected chi connectivity index (χ1v) is 7.03. The molecule has 1 aromatic rings.